The maximum absolute atomic E-state index is 10.4. The first-order valence-corrected chi connectivity index (χ1v) is 5.11. The molecule has 1 aromatic carbocycles. The molecule has 0 amide bonds. The zero-order chi connectivity index (χ0) is 12.7. The number of hydrogen-bond donors (Lipinski definition) is 1. The van der Waals surface area contributed by atoms with Crippen LogP contribution in [0.25, 0.3) is 0 Å². The summed E-state index contributed by atoms with van der Waals surface area (Å²) in [6.45, 7) is 1.93. The second-order valence-corrected chi connectivity index (χ2v) is 3.34. The first kappa shape index (κ1) is 13.0. The number of nitrogens with zero attached hydrogens (tertiary/aromatic N) is 1. The van der Waals surface area contributed by atoms with E-state index in [9.17, 15) is 4.79 Å². The van der Waals surface area contributed by atoms with Crippen LogP contribution in [0.5, 0.6) is 5.75 Å². The molecule has 0 radical (unpaired) electrons. The number of hydrogen-bond acceptors (Lipinski definition) is 4. The highest BCUT2D eigenvalue weighted by atomic mass is 16.5. The summed E-state index contributed by atoms with van der Waals surface area (Å²) in [7, 11) is 0. The van der Waals surface area contributed by atoms with Crippen LogP contribution in [0.4, 0.5) is 0 Å². The van der Waals surface area contributed by atoms with Crippen molar-refractivity contribution in [3.63, 3.8) is 0 Å². The Kier molecular flexibility index (Phi) is 4.98. The van der Waals surface area contributed by atoms with Crippen LogP contribution in [0.15, 0.2) is 24.3 Å². The average molecular weight is 235 g/mol. The van der Waals surface area contributed by atoms with Gasteiger partial charge in [0.25, 0.3) is 0 Å². The van der Waals surface area contributed by atoms with Gasteiger partial charge in [-0.15, -0.1) is 0 Å². The van der Waals surface area contributed by atoms with Gasteiger partial charge in [0.1, 0.15) is 12.4 Å². The molecule has 0 aliphatic heterocycles. The van der Waals surface area contributed by atoms with E-state index in [1.54, 1.807) is 24.3 Å². The molecule has 17 heavy (non-hydrogen) atoms. The van der Waals surface area contributed by atoms with E-state index < -0.39 is 12.1 Å². The van der Waals surface area contributed by atoms with Crippen LogP contribution in [0.3, 0.4) is 0 Å². The van der Waals surface area contributed by atoms with Crippen molar-refractivity contribution in [1.82, 2.24) is 0 Å². The Hall–Kier alpha value is -2.06. The molecule has 1 rings (SSSR count). The average Bonchev–Trinajstić information content (AvgIpc) is 2.35. The molecular weight excluding hydrogens is 222 g/mol. The minimum absolute atomic E-state index is 0.202. The molecule has 0 saturated heterocycles. The summed E-state index contributed by atoms with van der Waals surface area (Å²) in [4.78, 5) is 10.4. The van der Waals surface area contributed by atoms with Gasteiger partial charge in [0.2, 0.25) is 0 Å². The van der Waals surface area contributed by atoms with Gasteiger partial charge in [-0.25, -0.2) is 4.79 Å². The summed E-state index contributed by atoms with van der Waals surface area (Å²) >= 11 is 0. The van der Waals surface area contributed by atoms with Gasteiger partial charge in [0.05, 0.1) is 18.2 Å². The minimum atomic E-state index is -0.997. The van der Waals surface area contributed by atoms with Crippen LogP contribution in [0, 0.1) is 11.3 Å². The molecule has 0 fully saturated rings. The van der Waals surface area contributed by atoms with Crippen molar-refractivity contribution in [1.29, 1.82) is 5.26 Å². The summed E-state index contributed by atoms with van der Waals surface area (Å²) in [5, 5.41) is 17.1. The Balaban J connectivity index is 2.27. The number of ether oxygens (including phenoxy) is 2. The quantitative estimate of drug-likeness (QED) is 0.754. The van der Waals surface area contributed by atoms with Crippen molar-refractivity contribution >= 4 is 5.97 Å². The highest BCUT2D eigenvalue weighted by molar-refractivity contribution is 5.71. The van der Waals surface area contributed by atoms with E-state index in [1.165, 1.54) is 6.92 Å². The monoisotopic (exact) mass is 235 g/mol. The molecule has 0 spiro atoms. The Morgan fingerprint density at radius 2 is 2.06 bits per heavy atom. The number of benzene rings is 1. The molecule has 0 saturated carbocycles. The number of aliphatic carboxylic acids is 1. The lowest BCUT2D eigenvalue weighted by Gasteiger charge is -2.09. The molecule has 1 N–H and O–H groups in total. The molecule has 0 aliphatic carbocycles. The number of carboxylic acid groups (broad SMARTS) is 1. The number of nitriles is 1. The van der Waals surface area contributed by atoms with Crippen LogP contribution in [0.1, 0.15) is 12.5 Å². The predicted molar refractivity (Wildman–Crippen MR) is 59.7 cm³/mol. The van der Waals surface area contributed by atoms with E-state index >= 15 is 0 Å². The van der Waals surface area contributed by atoms with E-state index in [0.29, 0.717) is 11.3 Å². The van der Waals surface area contributed by atoms with E-state index in [2.05, 4.69) is 0 Å². The summed E-state index contributed by atoms with van der Waals surface area (Å²) < 4.78 is 10.3. The van der Waals surface area contributed by atoms with Gasteiger partial charge >= 0.3 is 5.97 Å². The van der Waals surface area contributed by atoms with E-state index in [1.807, 2.05) is 6.07 Å². The van der Waals surface area contributed by atoms with Crippen LogP contribution < -0.4 is 4.74 Å². The van der Waals surface area contributed by atoms with E-state index in [-0.39, 0.29) is 13.2 Å². The number of carbonyl (C=O) groups is 1. The largest absolute Gasteiger partial charge is 0.491 e. The fraction of sp³-hybridized carbons (Fsp3) is 0.333. The predicted octanol–water partition coefficient (Wildman–Crippen LogP) is 1.43. The summed E-state index contributed by atoms with van der Waals surface area (Å²) in [5.41, 5.74) is 0.563. The minimum Gasteiger partial charge on any atom is -0.491 e. The summed E-state index contributed by atoms with van der Waals surface area (Å²) in [5.74, 6) is -0.376. The standard InChI is InChI=1S/C12H13NO4/c1-9(12(14)15)16-6-7-17-11-4-2-10(8-13)3-5-11/h2-5,9H,6-7H2,1H3,(H,14,15)/t9-/m0/s1. The van der Waals surface area contributed by atoms with Crippen molar-refractivity contribution in [2.24, 2.45) is 0 Å². The number of rotatable bonds is 6. The maximum atomic E-state index is 10.4. The maximum Gasteiger partial charge on any atom is 0.332 e. The Morgan fingerprint density at radius 1 is 1.41 bits per heavy atom. The van der Waals surface area contributed by atoms with Gasteiger partial charge < -0.3 is 14.6 Å². The summed E-state index contributed by atoms with van der Waals surface area (Å²) in [6, 6.07) is 8.66. The third kappa shape index (κ3) is 4.53. The normalized spacial score (nSPS) is 11.5. The molecule has 90 valence electrons. The van der Waals surface area contributed by atoms with Gasteiger partial charge in [-0.1, -0.05) is 0 Å². The first-order valence-electron chi connectivity index (χ1n) is 5.11. The second-order valence-electron chi connectivity index (χ2n) is 3.34. The SMILES string of the molecule is C[C@H](OCCOc1ccc(C#N)cc1)C(=O)O. The fourth-order valence-electron chi connectivity index (χ4n) is 1.08. The van der Waals surface area contributed by atoms with Crippen molar-refractivity contribution in [2.45, 2.75) is 13.0 Å². The highest BCUT2D eigenvalue weighted by Gasteiger charge is 2.09. The van der Waals surface area contributed by atoms with Crippen LogP contribution in [-0.2, 0) is 9.53 Å². The van der Waals surface area contributed by atoms with Gasteiger partial charge in [-0.3, -0.25) is 0 Å². The van der Waals surface area contributed by atoms with Crippen molar-refractivity contribution in [3.05, 3.63) is 29.8 Å². The molecule has 0 bridgehead atoms. The lowest BCUT2D eigenvalue weighted by molar-refractivity contribution is -0.149. The molecule has 0 aliphatic rings. The molecule has 0 unspecified atom stereocenters. The Morgan fingerprint density at radius 3 is 2.59 bits per heavy atom. The zero-order valence-corrected chi connectivity index (χ0v) is 9.42. The smallest absolute Gasteiger partial charge is 0.332 e. The Labute approximate surface area is 99.2 Å². The Bertz CT molecular complexity index is 408. The zero-order valence-electron chi connectivity index (χ0n) is 9.42. The molecule has 1 aromatic rings. The molecular formula is C12H13NO4. The lowest BCUT2D eigenvalue weighted by Crippen LogP contribution is -2.22. The molecule has 5 nitrogen and oxygen atoms in total. The van der Waals surface area contributed by atoms with Crippen LogP contribution in [-0.4, -0.2) is 30.4 Å². The molecule has 5 heteroatoms. The van der Waals surface area contributed by atoms with Gasteiger partial charge in [-0.2, -0.15) is 5.26 Å². The van der Waals surface area contributed by atoms with Crippen molar-refractivity contribution < 1.29 is 19.4 Å². The second kappa shape index (κ2) is 6.51. The van der Waals surface area contributed by atoms with Gasteiger partial charge in [-0.05, 0) is 31.2 Å². The van der Waals surface area contributed by atoms with E-state index in [4.69, 9.17) is 19.8 Å². The first-order chi connectivity index (χ1) is 8.13. The van der Waals surface area contributed by atoms with Crippen LogP contribution >= 0.6 is 0 Å². The topological polar surface area (TPSA) is 79.5 Å². The molecule has 0 heterocycles. The third-order valence-corrected chi connectivity index (χ3v) is 2.05. The third-order valence-electron chi connectivity index (χ3n) is 2.05. The fourth-order valence-corrected chi connectivity index (χ4v) is 1.08. The van der Waals surface area contributed by atoms with Crippen molar-refractivity contribution in [3.8, 4) is 11.8 Å². The lowest BCUT2D eigenvalue weighted by atomic mass is 10.2. The van der Waals surface area contributed by atoms with E-state index in [0.717, 1.165) is 0 Å². The van der Waals surface area contributed by atoms with Gasteiger partial charge in [0.15, 0.2) is 6.10 Å². The van der Waals surface area contributed by atoms with Gasteiger partial charge in [0, 0.05) is 0 Å². The highest BCUT2D eigenvalue weighted by Crippen LogP contribution is 2.11. The molecule has 1 atom stereocenters. The molecule has 0 aromatic heterocycles. The number of carboxylic acids is 1. The summed E-state index contributed by atoms with van der Waals surface area (Å²) in [6.07, 6.45) is -0.834. The van der Waals surface area contributed by atoms with Crippen LogP contribution in [0.2, 0.25) is 0 Å². The van der Waals surface area contributed by atoms with Crippen molar-refractivity contribution in [2.75, 3.05) is 13.2 Å².